The highest BCUT2D eigenvalue weighted by atomic mass is 16.2. The summed E-state index contributed by atoms with van der Waals surface area (Å²) in [5.74, 6) is 0.155. The molecule has 2 aliphatic rings. The average Bonchev–Trinajstić information content (AvgIpc) is 3.21. The molecule has 1 aliphatic carbocycles. The summed E-state index contributed by atoms with van der Waals surface area (Å²) >= 11 is 0. The number of nitrogens with one attached hydrogen (secondary N) is 1. The van der Waals surface area contributed by atoms with Gasteiger partial charge in [0.15, 0.2) is 0 Å². The second-order valence-electron chi connectivity index (χ2n) is 7.95. The van der Waals surface area contributed by atoms with E-state index in [1.807, 2.05) is 18.7 Å². The molecule has 0 spiro atoms. The smallest absolute Gasteiger partial charge is 0.225 e. The Hall–Kier alpha value is -2.62. The van der Waals surface area contributed by atoms with Crippen LogP contribution in [-0.2, 0) is 28.9 Å². The van der Waals surface area contributed by atoms with E-state index in [1.165, 1.54) is 11.1 Å². The zero-order valence-corrected chi connectivity index (χ0v) is 16.0. The summed E-state index contributed by atoms with van der Waals surface area (Å²) in [5.41, 5.74) is 6.03. The van der Waals surface area contributed by atoms with E-state index in [1.54, 1.807) is 0 Å². The van der Waals surface area contributed by atoms with Gasteiger partial charge < -0.3 is 10.2 Å². The van der Waals surface area contributed by atoms with Crippen LogP contribution >= 0.6 is 0 Å². The van der Waals surface area contributed by atoms with Gasteiger partial charge in [0.1, 0.15) is 0 Å². The Morgan fingerprint density at radius 2 is 1.78 bits per heavy atom. The van der Waals surface area contributed by atoms with Crippen LogP contribution in [0.4, 0.5) is 0 Å². The van der Waals surface area contributed by atoms with Crippen molar-refractivity contribution in [3.8, 4) is 0 Å². The molecule has 0 aromatic heterocycles. The molecule has 4 heteroatoms. The minimum absolute atomic E-state index is 0.00180. The number of benzene rings is 2. The third-order valence-corrected chi connectivity index (χ3v) is 5.85. The molecule has 1 saturated heterocycles. The van der Waals surface area contributed by atoms with E-state index >= 15 is 0 Å². The molecular formula is C23H26N2O2. The average molecular weight is 362 g/mol. The summed E-state index contributed by atoms with van der Waals surface area (Å²) in [5, 5.41) is 3.08. The fraction of sp³-hybridized carbons (Fsp3) is 0.391. The highest BCUT2D eigenvalue weighted by Crippen LogP contribution is 2.28. The topological polar surface area (TPSA) is 49.4 Å². The van der Waals surface area contributed by atoms with E-state index in [4.69, 9.17) is 0 Å². The number of likely N-dealkylation sites (tertiary alicyclic amines) is 1. The van der Waals surface area contributed by atoms with Gasteiger partial charge in [-0.25, -0.2) is 0 Å². The van der Waals surface area contributed by atoms with Gasteiger partial charge in [0.2, 0.25) is 11.8 Å². The number of amides is 2. The van der Waals surface area contributed by atoms with Crippen LogP contribution in [0.3, 0.4) is 0 Å². The van der Waals surface area contributed by atoms with Gasteiger partial charge in [0, 0.05) is 19.0 Å². The quantitative estimate of drug-likeness (QED) is 0.909. The van der Waals surface area contributed by atoms with E-state index in [0.29, 0.717) is 19.4 Å². The Bertz CT molecular complexity index is 865. The summed E-state index contributed by atoms with van der Waals surface area (Å²) < 4.78 is 0. The molecule has 2 amide bonds. The Morgan fingerprint density at radius 1 is 1.07 bits per heavy atom. The van der Waals surface area contributed by atoms with Crippen molar-refractivity contribution in [2.75, 3.05) is 6.54 Å². The van der Waals surface area contributed by atoms with Crippen LogP contribution in [0.5, 0.6) is 0 Å². The van der Waals surface area contributed by atoms with Crippen LogP contribution in [-0.4, -0.2) is 35.3 Å². The summed E-state index contributed by atoms with van der Waals surface area (Å²) in [6.45, 7) is 4.69. The fourth-order valence-electron chi connectivity index (χ4n) is 4.38. The molecule has 4 rings (SSSR count). The van der Waals surface area contributed by atoms with Gasteiger partial charge in [-0.1, -0.05) is 48.0 Å². The molecule has 2 aromatic rings. The third kappa shape index (κ3) is 3.75. The number of carbonyl (C=O) groups excluding carboxylic acids is 2. The first-order valence-corrected chi connectivity index (χ1v) is 9.71. The number of nitrogens with zero attached hydrogens (tertiary/aromatic N) is 1. The molecule has 140 valence electrons. The zero-order valence-electron chi connectivity index (χ0n) is 16.0. The summed E-state index contributed by atoms with van der Waals surface area (Å²) in [6.07, 6.45) is 2.62. The maximum absolute atomic E-state index is 12.5. The lowest BCUT2D eigenvalue weighted by molar-refractivity contribution is -0.129. The molecule has 1 heterocycles. The SMILES string of the molecule is Cc1ccc(C)c(CC(=O)N[C@H]2CC(=O)N(C3Cc4ccccc4C3)C2)c1. The molecular weight excluding hydrogens is 336 g/mol. The van der Waals surface area contributed by atoms with Crippen LogP contribution in [0.2, 0.25) is 0 Å². The minimum atomic E-state index is -0.0844. The van der Waals surface area contributed by atoms with Gasteiger partial charge in [-0.15, -0.1) is 0 Å². The molecule has 0 radical (unpaired) electrons. The standard InChI is InChI=1S/C23H26N2O2/c1-15-7-8-16(2)19(9-15)12-22(26)24-20-13-23(27)25(14-20)21-10-17-5-3-4-6-18(17)11-21/h3-9,20-21H,10-14H2,1-2H3,(H,24,26)/t20-/m0/s1. The monoisotopic (exact) mass is 362 g/mol. The first kappa shape index (κ1) is 17.8. The lowest BCUT2D eigenvalue weighted by Crippen LogP contribution is -2.41. The molecule has 2 aromatic carbocycles. The second-order valence-corrected chi connectivity index (χ2v) is 7.95. The van der Waals surface area contributed by atoms with Crippen LogP contribution in [0.15, 0.2) is 42.5 Å². The number of rotatable bonds is 4. The lowest BCUT2D eigenvalue weighted by Gasteiger charge is -2.24. The first-order chi connectivity index (χ1) is 13.0. The summed E-state index contributed by atoms with van der Waals surface area (Å²) in [6, 6.07) is 14.7. The first-order valence-electron chi connectivity index (χ1n) is 9.71. The van der Waals surface area contributed by atoms with Crippen molar-refractivity contribution in [3.05, 3.63) is 70.3 Å². The zero-order chi connectivity index (χ0) is 19.0. The van der Waals surface area contributed by atoms with Gasteiger partial charge in [-0.05, 0) is 48.9 Å². The van der Waals surface area contributed by atoms with Crippen LogP contribution in [0.1, 0.15) is 34.2 Å². The number of hydrogen-bond donors (Lipinski definition) is 1. The van der Waals surface area contributed by atoms with Gasteiger partial charge in [-0.3, -0.25) is 9.59 Å². The Morgan fingerprint density at radius 3 is 2.48 bits per heavy atom. The minimum Gasteiger partial charge on any atom is -0.351 e. The van der Waals surface area contributed by atoms with Crippen molar-refractivity contribution >= 4 is 11.8 Å². The van der Waals surface area contributed by atoms with Crippen molar-refractivity contribution in [1.82, 2.24) is 10.2 Å². The van der Waals surface area contributed by atoms with E-state index in [9.17, 15) is 9.59 Å². The molecule has 27 heavy (non-hydrogen) atoms. The van der Waals surface area contributed by atoms with E-state index < -0.39 is 0 Å². The molecule has 4 nitrogen and oxygen atoms in total. The maximum Gasteiger partial charge on any atom is 0.225 e. The van der Waals surface area contributed by atoms with Crippen molar-refractivity contribution in [3.63, 3.8) is 0 Å². The molecule has 1 aliphatic heterocycles. The van der Waals surface area contributed by atoms with Crippen LogP contribution in [0.25, 0.3) is 0 Å². The molecule has 0 saturated carbocycles. The van der Waals surface area contributed by atoms with Crippen LogP contribution in [0, 0.1) is 13.8 Å². The highest BCUT2D eigenvalue weighted by Gasteiger charge is 2.37. The number of carbonyl (C=O) groups is 2. The largest absolute Gasteiger partial charge is 0.351 e. The normalized spacial score (nSPS) is 19.4. The number of aryl methyl sites for hydroxylation is 2. The lowest BCUT2D eigenvalue weighted by atomic mass is 10.0. The third-order valence-electron chi connectivity index (χ3n) is 5.85. The fourth-order valence-corrected chi connectivity index (χ4v) is 4.38. The van der Waals surface area contributed by atoms with Gasteiger partial charge in [0.05, 0.1) is 12.5 Å². The van der Waals surface area contributed by atoms with Gasteiger partial charge >= 0.3 is 0 Å². The molecule has 1 fully saturated rings. The van der Waals surface area contributed by atoms with Crippen molar-refractivity contribution in [2.45, 2.75) is 51.6 Å². The van der Waals surface area contributed by atoms with Crippen molar-refractivity contribution in [1.29, 1.82) is 0 Å². The van der Waals surface area contributed by atoms with Crippen molar-refractivity contribution < 1.29 is 9.59 Å². The number of hydrogen-bond acceptors (Lipinski definition) is 2. The number of fused-ring (bicyclic) bond motifs is 1. The van der Waals surface area contributed by atoms with Gasteiger partial charge in [-0.2, -0.15) is 0 Å². The van der Waals surface area contributed by atoms with Crippen LogP contribution < -0.4 is 5.32 Å². The maximum atomic E-state index is 12.5. The van der Waals surface area contributed by atoms with E-state index in [-0.39, 0.29) is 23.9 Å². The van der Waals surface area contributed by atoms with E-state index in [0.717, 1.165) is 29.5 Å². The summed E-state index contributed by atoms with van der Waals surface area (Å²) in [7, 11) is 0. The van der Waals surface area contributed by atoms with Gasteiger partial charge in [0.25, 0.3) is 0 Å². The predicted molar refractivity (Wildman–Crippen MR) is 106 cm³/mol. The second kappa shape index (κ2) is 7.18. The van der Waals surface area contributed by atoms with E-state index in [2.05, 4.69) is 47.8 Å². The predicted octanol–water partition coefficient (Wildman–Crippen LogP) is 2.73. The summed E-state index contributed by atoms with van der Waals surface area (Å²) in [4.78, 5) is 27.0. The Balaban J connectivity index is 1.36. The highest BCUT2D eigenvalue weighted by molar-refractivity contribution is 5.83. The molecule has 1 atom stereocenters. The molecule has 0 bridgehead atoms. The Labute approximate surface area is 160 Å². The molecule has 1 N–H and O–H groups in total. The molecule has 0 unspecified atom stereocenters. The van der Waals surface area contributed by atoms with Crippen molar-refractivity contribution in [2.24, 2.45) is 0 Å². The Kier molecular flexibility index (Phi) is 4.73.